The standard InChI is InChI=1S/C13H16Cl4N2O/c1-8(2)7-11(20)19-12(13(15,16)17)18-10-5-3-9(14)4-6-10/h3-6,8,12,18H,7H2,1-2H3,(H,19,20)/t12-/m0/s1. The Morgan fingerprint density at radius 3 is 2.20 bits per heavy atom. The molecule has 3 nitrogen and oxygen atoms in total. The molecule has 0 aliphatic heterocycles. The van der Waals surface area contributed by atoms with E-state index >= 15 is 0 Å². The summed E-state index contributed by atoms with van der Waals surface area (Å²) in [5, 5.41) is 6.24. The van der Waals surface area contributed by atoms with Crippen LogP contribution in [-0.4, -0.2) is 15.9 Å². The van der Waals surface area contributed by atoms with Gasteiger partial charge in [0.25, 0.3) is 0 Å². The number of carbonyl (C=O) groups excluding carboxylic acids is 1. The summed E-state index contributed by atoms with van der Waals surface area (Å²) >= 11 is 23.5. The molecule has 1 aromatic carbocycles. The number of alkyl halides is 3. The van der Waals surface area contributed by atoms with Gasteiger partial charge in [-0.05, 0) is 30.2 Å². The molecule has 2 N–H and O–H groups in total. The lowest BCUT2D eigenvalue weighted by molar-refractivity contribution is -0.122. The number of rotatable bonds is 5. The maximum Gasteiger partial charge on any atom is 0.228 e. The zero-order chi connectivity index (χ0) is 15.3. The van der Waals surface area contributed by atoms with Crippen LogP contribution in [0, 0.1) is 5.92 Å². The summed E-state index contributed by atoms with van der Waals surface area (Å²) < 4.78 is -1.67. The fraction of sp³-hybridized carbons (Fsp3) is 0.462. The monoisotopic (exact) mass is 356 g/mol. The van der Waals surface area contributed by atoms with Crippen molar-refractivity contribution >= 4 is 58.0 Å². The first-order valence-corrected chi connectivity index (χ1v) is 7.58. The molecule has 0 aromatic heterocycles. The van der Waals surface area contributed by atoms with Gasteiger partial charge in [0.05, 0.1) is 0 Å². The van der Waals surface area contributed by atoms with Crippen LogP contribution in [0.15, 0.2) is 24.3 Å². The SMILES string of the molecule is CC(C)CC(=O)N[C@H](Nc1ccc(Cl)cc1)C(Cl)(Cl)Cl. The van der Waals surface area contributed by atoms with Crippen LogP contribution < -0.4 is 10.6 Å². The number of halogens is 4. The van der Waals surface area contributed by atoms with Gasteiger partial charge in [-0.3, -0.25) is 4.79 Å². The summed E-state index contributed by atoms with van der Waals surface area (Å²) in [6.45, 7) is 3.88. The quantitative estimate of drug-likeness (QED) is 0.596. The third-order valence-corrected chi connectivity index (χ3v) is 3.29. The molecular weight excluding hydrogens is 342 g/mol. The second-order valence-electron chi connectivity index (χ2n) is 4.79. The van der Waals surface area contributed by atoms with E-state index in [1.807, 2.05) is 13.8 Å². The van der Waals surface area contributed by atoms with E-state index in [1.54, 1.807) is 24.3 Å². The molecule has 1 aromatic rings. The number of anilines is 1. The van der Waals surface area contributed by atoms with Gasteiger partial charge >= 0.3 is 0 Å². The summed E-state index contributed by atoms with van der Waals surface area (Å²) in [4.78, 5) is 11.8. The Morgan fingerprint density at radius 1 is 1.20 bits per heavy atom. The molecule has 0 saturated carbocycles. The Morgan fingerprint density at radius 2 is 1.75 bits per heavy atom. The molecule has 1 atom stereocenters. The molecular formula is C13H16Cl4N2O. The maximum atomic E-state index is 11.8. The van der Waals surface area contributed by atoms with E-state index in [2.05, 4.69) is 10.6 Å². The summed E-state index contributed by atoms with van der Waals surface area (Å²) in [6, 6.07) is 6.88. The predicted molar refractivity (Wildman–Crippen MR) is 86.8 cm³/mol. The van der Waals surface area contributed by atoms with E-state index in [9.17, 15) is 4.79 Å². The van der Waals surface area contributed by atoms with Crippen molar-refractivity contribution in [1.82, 2.24) is 5.32 Å². The molecule has 0 fully saturated rings. The van der Waals surface area contributed by atoms with E-state index in [1.165, 1.54) is 0 Å². The van der Waals surface area contributed by atoms with Crippen LogP contribution in [0.5, 0.6) is 0 Å². The van der Waals surface area contributed by atoms with E-state index in [4.69, 9.17) is 46.4 Å². The molecule has 0 bridgehead atoms. The molecule has 1 amide bonds. The summed E-state index contributed by atoms with van der Waals surface area (Å²) in [7, 11) is 0. The van der Waals surface area contributed by atoms with Crippen LogP contribution in [0.1, 0.15) is 20.3 Å². The van der Waals surface area contributed by atoms with Crippen molar-refractivity contribution in [2.45, 2.75) is 30.2 Å². The highest BCUT2D eigenvalue weighted by atomic mass is 35.6. The summed E-state index contributed by atoms with van der Waals surface area (Å²) in [6.07, 6.45) is -0.473. The van der Waals surface area contributed by atoms with Crippen LogP contribution in [-0.2, 0) is 4.79 Å². The Balaban J connectivity index is 2.75. The van der Waals surface area contributed by atoms with Gasteiger partial charge in [0, 0.05) is 17.1 Å². The van der Waals surface area contributed by atoms with Crippen molar-refractivity contribution in [3.05, 3.63) is 29.3 Å². The summed E-state index contributed by atoms with van der Waals surface area (Å²) in [5.41, 5.74) is 0.690. The van der Waals surface area contributed by atoms with Crippen molar-refractivity contribution in [1.29, 1.82) is 0 Å². The third-order valence-electron chi connectivity index (χ3n) is 2.38. The Bertz CT molecular complexity index is 443. The number of benzene rings is 1. The molecule has 112 valence electrons. The molecule has 7 heteroatoms. The van der Waals surface area contributed by atoms with Gasteiger partial charge in [0.2, 0.25) is 9.70 Å². The minimum absolute atomic E-state index is 0.183. The fourth-order valence-electron chi connectivity index (χ4n) is 1.50. The summed E-state index contributed by atoms with van der Waals surface area (Å²) in [5.74, 6) is 0.0411. The Hall–Kier alpha value is -0.350. The lowest BCUT2D eigenvalue weighted by Crippen LogP contribution is -2.49. The van der Waals surface area contributed by atoms with Crippen molar-refractivity contribution in [3.63, 3.8) is 0 Å². The topological polar surface area (TPSA) is 41.1 Å². The van der Waals surface area contributed by atoms with Crippen molar-refractivity contribution < 1.29 is 4.79 Å². The van der Waals surface area contributed by atoms with Crippen LogP contribution >= 0.6 is 46.4 Å². The molecule has 0 aliphatic carbocycles. The molecule has 0 heterocycles. The van der Waals surface area contributed by atoms with Gasteiger partial charge in [0.15, 0.2) is 0 Å². The van der Waals surface area contributed by atoms with Gasteiger partial charge < -0.3 is 10.6 Å². The number of hydrogen-bond donors (Lipinski definition) is 2. The Kier molecular flexibility index (Phi) is 6.73. The van der Waals surface area contributed by atoms with Crippen LogP contribution in [0.25, 0.3) is 0 Å². The average molecular weight is 358 g/mol. The first kappa shape index (κ1) is 17.7. The zero-order valence-corrected chi connectivity index (χ0v) is 14.1. The van der Waals surface area contributed by atoms with Gasteiger partial charge in [0.1, 0.15) is 6.17 Å². The second kappa shape index (κ2) is 7.60. The minimum Gasteiger partial charge on any atom is -0.362 e. The van der Waals surface area contributed by atoms with Crippen molar-refractivity contribution in [2.75, 3.05) is 5.32 Å². The van der Waals surface area contributed by atoms with Crippen molar-refractivity contribution in [2.24, 2.45) is 5.92 Å². The van der Waals surface area contributed by atoms with E-state index in [0.29, 0.717) is 17.1 Å². The first-order valence-electron chi connectivity index (χ1n) is 6.06. The minimum atomic E-state index is -1.67. The highest BCUT2D eigenvalue weighted by molar-refractivity contribution is 6.68. The number of nitrogens with one attached hydrogen (secondary N) is 2. The maximum absolute atomic E-state index is 11.8. The second-order valence-corrected chi connectivity index (χ2v) is 7.60. The average Bonchev–Trinajstić information content (AvgIpc) is 2.28. The van der Waals surface area contributed by atoms with E-state index in [-0.39, 0.29) is 11.8 Å². The van der Waals surface area contributed by atoms with Crippen LogP contribution in [0.3, 0.4) is 0 Å². The number of carbonyl (C=O) groups is 1. The van der Waals surface area contributed by atoms with E-state index in [0.717, 1.165) is 0 Å². The molecule has 0 aliphatic rings. The smallest absolute Gasteiger partial charge is 0.228 e. The predicted octanol–water partition coefficient (Wildman–Crippen LogP) is 4.61. The molecule has 0 saturated heterocycles. The lowest BCUT2D eigenvalue weighted by Gasteiger charge is -2.27. The normalized spacial score (nSPS) is 13.2. The van der Waals surface area contributed by atoms with Crippen molar-refractivity contribution in [3.8, 4) is 0 Å². The molecule has 20 heavy (non-hydrogen) atoms. The lowest BCUT2D eigenvalue weighted by atomic mass is 10.1. The van der Waals surface area contributed by atoms with Gasteiger partial charge in [-0.2, -0.15) is 0 Å². The Labute approximate surface area is 138 Å². The number of hydrogen-bond acceptors (Lipinski definition) is 2. The van der Waals surface area contributed by atoms with E-state index < -0.39 is 9.96 Å². The third kappa shape index (κ3) is 6.40. The fourth-order valence-corrected chi connectivity index (χ4v) is 1.96. The van der Waals surface area contributed by atoms with Gasteiger partial charge in [-0.1, -0.05) is 60.3 Å². The highest BCUT2D eigenvalue weighted by Crippen LogP contribution is 2.31. The van der Waals surface area contributed by atoms with Crippen LogP contribution in [0.2, 0.25) is 5.02 Å². The molecule has 0 spiro atoms. The molecule has 1 rings (SSSR count). The highest BCUT2D eigenvalue weighted by Gasteiger charge is 2.34. The van der Waals surface area contributed by atoms with Gasteiger partial charge in [-0.15, -0.1) is 0 Å². The molecule has 0 radical (unpaired) electrons. The van der Waals surface area contributed by atoms with Crippen LogP contribution in [0.4, 0.5) is 5.69 Å². The largest absolute Gasteiger partial charge is 0.362 e. The zero-order valence-electron chi connectivity index (χ0n) is 11.1. The van der Waals surface area contributed by atoms with Gasteiger partial charge in [-0.25, -0.2) is 0 Å². The first-order chi connectivity index (χ1) is 9.18. The number of amides is 1. The molecule has 0 unspecified atom stereocenters.